The lowest BCUT2D eigenvalue weighted by Crippen LogP contribution is -2.39. The largest absolute Gasteiger partial charge is 0.311 e. The lowest BCUT2D eigenvalue weighted by Gasteiger charge is -2.31. The van der Waals surface area contributed by atoms with Crippen molar-refractivity contribution in [1.29, 1.82) is 0 Å². The van der Waals surface area contributed by atoms with Crippen LogP contribution in [0.1, 0.15) is 50.0 Å². The van der Waals surface area contributed by atoms with Crippen molar-refractivity contribution < 1.29 is 0 Å². The molecule has 1 heteroatoms. The highest BCUT2D eigenvalue weighted by Crippen LogP contribution is 2.33. The van der Waals surface area contributed by atoms with E-state index in [9.17, 15) is 0 Å². The average Bonchev–Trinajstić information content (AvgIpc) is 2.94. The Morgan fingerprint density at radius 2 is 1.44 bits per heavy atom. The van der Waals surface area contributed by atoms with E-state index in [4.69, 9.17) is 0 Å². The zero-order chi connectivity index (χ0) is 12.2. The van der Waals surface area contributed by atoms with Crippen molar-refractivity contribution in [3.8, 4) is 0 Å². The summed E-state index contributed by atoms with van der Waals surface area (Å²) < 4.78 is 0. The van der Waals surface area contributed by atoms with Gasteiger partial charge in [-0.3, -0.25) is 0 Å². The molecule has 1 fully saturated rings. The molecule has 1 aromatic rings. The van der Waals surface area contributed by atoms with E-state index in [0.29, 0.717) is 0 Å². The van der Waals surface area contributed by atoms with Crippen molar-refractivity contribution in [3.63, 3.8) is 0 Å². The van der Waals surface area contributed by atoms with Gasteiger partial charge in [0.05, 0.1) is 0 Å². The molecule has 0 radical (unpaired) electrons. The summed E-state index contributed by atoms with van der Waals surface area (Å²) in [4.78, 5) is 0. The van der Waals surface area contributed by atoms with Crippen LogP contribution in [0, 0.1) is 0 Å². The number of rotatable bonds is 3. The van der Waals surface area contributed by atoms with Gasteiger partial charge in [0.15, 0.2) is 0 Å². The molecular weight excluding hydrogens is 218 g/mol. The van der Waals surface area contributed by atoms with E-state index < -0.39 is 0 Å². The minimum atomic E-state index is 0.725. The van der Waals surface area contributed by atoms with E-state index in [2.05, 4.69) is 47.8 Å². The zero-order valence-electron chi connectivity index (χ0n) is 11.0. The lowest BCUT2D eigenvalue weighted by atomic mass is 9.81. The normalized spacial score (nSPS) is 28.7. The van der Waals surface area contributed by atoms with E-state index in [-0.39, 0.29) is 0 Å². The third kappa shape index (κ3) is 2.84. The van der Waals surface area contributed by atoms with Gasteiger partial charge in [-0.15, -0.1) is 0 Å². The Balaban J connectivity index is 1.49. The fraction of sp³-hybridized carbons (Fsp3) is 0.529. The van der Waals surface area contributed by atoms with Gasteiger partial charge in [0.2, 0.25) is 0 Å². The molecule has 2 aliphatic carbocycles. The summed E-state index contributed by atoms with van der Waals surface area (Å²) in [6.45, 7) is 0. The lowest BCUT2D eigenvalue weighted by molar-refractivity contribution is 0.317. The van der Waals surface area contributed by atoms with Gasteiger partial charge in [0, 0.05) is 12.1 Å². The van der Waals surface area contributed by atoms with Crippen molar-refractivity contribution in [3.05, 3.63) is 48.0 Å². The van der Waals surface area contributed by atoms with Crippen LogP contribution < -0.4 is 5.32 Å². The van der Waals surface area contributed by atoms with Crippen molar-refractivity contribution in [2.75, 3.05) is 0 Å². The van der Waals surface area contributed by atoms with Crippen LogP contribution in [-0.4, -0.2) is 12.1 Å². The van der Waals surface area contributed by atoms with Crippen LogP contribution in [0.4, 0.5) is 0 Å². The van der Waals surface area contributed by atoms with Crippen LogP contribution in [0.25, 0.3) is 0 Å². The Morgan fingerprint density at radius 3 is 2.11 bits per heavy atom. The molecule has 0 unspecified atom stereocenters. The van der Waals surface area contributed by atoms with Crippen molar-refractivity contribution in [1.82, 2.24) is 5.32 Å². The smallest absolute Gasteiger partial charge is 0.0139 e. The number of hydrogen-bond acceptors (Lipinski definition) is 1. The van der Waals surface area contributed by atoms with E-state index in [1.54, 1.807) is 5.56 Å². The first-order valence-electron chi connectivity index (χ1n) is 7.38. The van der Waals surface area contributed by atoms with Crippen molar-refractivity contribution >= 4 is 0 Å². The summed E-state index contributed by atoms with van der Waals surface area (Å²) in [7, 11) is 0. The van der Waals surface area contributed by atoms with Gasteiger partial charge in [-0.05, 0) is 50.0 Å². The first-order valence-corrected chi connectivity index (χ1v) is 7.38. The van der Waals surface area contributed by atoms with Crippen LogP contribution in [0.5, 0.6) is 0 Å². The molecule has 0 aromatic heterocycles. The van der Waals surface area contributed by atoms with Gasteiger partial charge in [0.25, 0.3) is 0 Å². The Labute approximate surface area is 110 Å². The summed E-state index contributed by atoms with van der Waals surface area (Å²) in [5.41, 5.74) is 1.54. The maximum Gasteiger partial charge on any atom is 0.0139 e. The number of benzene rings is 1. The molecule has 0 heterocycles. The predicted octanol–water partition coefficient (Wildman–Crippen LogP) is 4.02. The first-order chi connectivity index (χ1) is 8.92. The highest BCUT2D eigenvalue weighted by Gasteiger charge is 2.24. The molecule has 1 nitrogen and oxygen atoms in total. The molecule has 1 saturated carbocycles. The van der Waals surface area contributed by atoms with Crippen molar-refractivity contribution in [2.24, 2.45) is 0 Å². The number of nitrogens with one attached hydrogen (secondary N) is 1. The molecule has 0 saturated heterocycles. The molecule has 18 heavy (non-hydrogen) atoms. The van der Waals surface area contributed by atoms with Crippen LogP contribution >= 0.6 is 0 Å². The second-order valence-corrected chi connectivity index (χ2v) is 5.77. The fourth-order valence-corrected chi connectivity index (χ4v) is 3.41. The third-order valence-electron chi connectivity index (χ3n) is 4.48. The summed E-state index contributed by atoms with van der Waals surface area (Å²) >= 11 is 0. The Kier molecular flexibility index (Phi) is 3.80. The van der Waals surface area contributed by atoms with Gasteiger partial charge in [-0.2, -0.15) is 0 Å². The first kappa shape index (κ1) is 12.0. The van der Waals surface area contributed by atoms with Gasteiger partial charge < -0.3 is 5.32 Å². The van der Waals surface area contributed by atoms with Crippen LogP contribution in [0.15, 0.2) is 42.5 Å². The molecule has 0 amide bonds. The molecule has 96 valence electrons. The Morgan fingerprint density at radius 1 is 0.778 bits per heavy atom. The zero-order valence-corrected chi connectivity index (χ0v) is 11.0. The Bertz CT molecular complexity index is 379. The molecular formula is C17H23N. The van der Waals surface area contributed by atoms with Gasteiger partial charge in [-0.1, -0.05) is 42.5 Å². The van der Waals surface area contributed by atoms with E-state index >= 15 is 0 Å². The molecule has 2 aliphatic rings. The third-order valence-corrected chi connectivity index (χ3v) is 4.48. The second kappa shape index (κ2) is 5.71. The highest BCUT2D eigenvalue weighted by molar-refractivity contribution is 5.20. The maximum absolute atomic E-state index is 3.83. The Hall–Kier alpha value is -1.08. The molecule has 0 aliphatic heterocycles. The van der Waals surface area contributed by atoms with Gasteiger partial charge in [-0.25, -0.2) is 0 Å². The van der Waals surface area contributed by atoms with Gasteiger partial charge >= 0.3 is 0 Å². The molecule has 1 N–H and O–H groups in total. The van der Waals surface area contributed by atoms with Gasteiger partial charge in [0.1, 0.15) is 0 Å². The topological polar surface area (TPSA) is 12.0 Å². The summed E-state index contributed by atoms with van der Waals surface area (Å²) in [5, 5.41) is 3.83. The second-order valence-electron chi connectivity index (χ2n) is 5.77. The summed E-state index contributed by atoms with van der Waals surface area (Å²) in [6.07, 6.45) is 12.5. The molecule has 0 atom stereocenters. The van der Waals surface area contributed by atoms with E-state index in [0.717, 1.165) is 18.0 Å². The maximum atomic E-state index is 3.83. The van der Waals surface area contributed by atoms with Crippen LogP contribution in [-0.2, 0) is 0 Å². The quantitative estimate of drug-likeness (QED) is 0.788. The van der Waals surface area contributed by atoms with Crippen LogP contribution in [0.3, 0.4) is 0 Å². The van der Waals surface area contributed by atoms with Crippen molar-refractivity contribution in [2.45, 2.75) is 56.5 Å². The standard InChI is InChI=1S/C17H23N/c1-2-6-14(7-3-1)15-10-12-17(13-11-15)18-16-8-4-5-9-16/h1-7,15-18H,8-13H2. The predicted molar refractivity (Wildman–Crippen MR) is 76.7 cm³/mol. The molecule has 0 bridgehead atoms. The summed E-state index contributed by atoms with van der Waals surface area (Å²) in [6, 6.07) is 12.5. The van der Waals surface area contributed by atoms with E-state index in [1.807, 2.05) is 0 Å². The minimum Gasteiger partial charge on any atom is -0.311 e. The average molecular weight is 241 g/mol. The molecule has 3 rings (SSSR count). The van der Waals surface area contributed by atoms with Crippen LogP contribution in [0.2, 0.25) is 0 Å². The highest BCUT2D eigenvalue weighted by atomic mass is 15.0. The monoisotopic (exact) mass is 241 g/mol. The fourth-order valence-electron chi connectivity index (χ4n) is 3.41. The van der Waals surface area contributed by atoms with E-state index in [1.165, 1.54) is 38.5 Å². The summed E-state index contributed by atoms with van der Waals surface area (Å²) in [5.74, 6) is 0.797. The minimum absolute atomic E-state index is 0.725. The SMILES string of the molecule is C1=CCC(NC2CCC(c3ccccc3)CC2)C1. The molecule has 0 spiro atoms. The molecule has 1 aromatic carbocycles. The number of hydrogen-bond donors (Lipinski definition) is 1.